The van der Waals surface area contributed by atoms with Crippen molar-refractivity contribution in [3.63, 3.8) is 0 Å². The van der Waals surface area contributed by atoms with E-state index in [2.05, 4.69) is 4.98 Å². The Morgan fingerprint density at radius 3 is 2.73 bits per heavy atom. The highest BCUT2D eigenvalue weighted by molar-refractivity contribution is 7.91. The van der Waals surface area contributed by atoms with E-state index in [9.17, 15) is 13.2 Å². The molecule has 4 rings (SSSR count). The molecule has 1 atom stereocenters. The van der Waals surface area contributed by atoms with E-state index >= 15 is 0 Å². The van der Waals surface area contributed by atoms with Crippen molar-refractivity contribution in [2.75, 3.05) is 12.3 Å². The van der Waals surface area contributed by atoms with Gasteiger partial charge in [0.05, 0.1) is 10.6 Å². The molecule has 1 N–H and O–H groups in total. The fraction of sp³-hybridized carbons (Fsp3) is 0.250. The highest BCUT2D eigenvalue weighted by Crippen LogP contribution is 2.25. The lowest BCUT2D eigenvalue weighted by Gasteiger charge is -2.25. The summed E-state index contributed by atoms with van der Waals surface area (Å²) < 4.78 is 25.4. The molecule has 6 heteroatoms. The molecule has 1 aliphatic heterocycles. The summed E-state index contributed by atoms with van der Waals surface area (Å²) in [6.07, 6.45) is 3.38. The van der Waals surface area contributed by atoms with E-state index in [0.717, 1.165) is 17.3 Å². The van der Waals surface area contributed by atoms with Crippen LogP contribution in [0.15, 0.2) is 65.7 Å². The Morgan fingerprint density at radius 2 is 1.92 bits per heavy atom. The standard InChI is InChI=1S/C20H20N2O3S/c23-20(16-8-9-19-15(13-16)10-11-21-19)22-12-4-5-17(22)14-26(24,25)18-6-2-1-3-7-18/h1-3,6-11,13,17,21H,4-5,12,14H2. The number of fused-ring (bicyclic) bond motifs is 1. The van der Waals surface area contributed by atoms with Crippen LogP contribution in [0.5, 0.6) is 0 Å². The minimum absolute atomic E-state index is 0.0326. The van der Waals surface area contributed by atoms with Crippen LogP contribution in [0.2, 0.25) is 0 Å². The Labute approximate surface area is 152 Å². The summed E-state index contributed by atoms with van der Waals surface area (Å²) in [4.78, 5) is 18.1. The number of hydrogen-bond acceptors (Lipinski definition) is 3. The maximum Gasteiger partial charge on any atom is 0.254 e. The van der Waals surface area contributed by atoms with E-state index in [1.54, 1.807) is 41.3 Å². The molecule has 3 aromatic rings. The number of carbonyl (C=O) groups is 1. The van der Waals surface area contributed by atoms with E-state index in [1.807, 2.05) is 24.4 Å². The predicted molar refractivity (Wildman–Crippen MR) is 101 cm³/mol. The van der Waals surface area contributed by atoms with Gasteiger partial charge in [0.25, 0.3) is 5.91 Å². The van der Waals surface area contributed by atoms with Crippen molar-refractivity contribution in [1.82, 2.24) is 9.88 Å². The lowest BCUT2D eigenvalue weighted by molar-refractivity contribution is 0.0749. The van der Waals surface area contributed by atoms with Crippen LogP contribution < -0.4 is 0 Å². The molecule has 0 radical (unpaired) electrons. The number of amides is 1. The van der Waals surface area contributed by atoms with Crippen LogP contribution in [-0.2, 0) is 9.84 Å². The fourth-order valence-corrected chi connectivity index (χ4v) is 5.22. The Kier molecular flexibility index (Phi) is 4.28. The number of nitrogens with one attached hydrogen (secondary N) is 1. The van der Waals surface area contributed by atoms with Gasteiger partial charge < -0.3 is 9.88 Å². The van der Waals surface area contributed by atoms with E-state index in [-0.39, 0.29) is 17.7 Å². The second-order valence-corrected chi connectivity index (χ2v) is 8.70. The fourth-order valence-electron chi connectivity index (χ4n) is 3.61. The van der Waals surface area contributed by atoms with Crippen LogP contribution in [0.3, 0.4) is 0 Å². The molecule has 1 saturated heterocycles. The van der Waals surface area contributed by atoms with Crippen LogP contribution in [0.4, 0.5) is 0 Å². The van der Waals surface area contributed by atoms with Crippen molar-refractivity contribution in [3.8, 4) is 0 Å². The highest BCUT2D eigenvalue weighted by Gasteiger charge is 2.33. The molecule has 1 aromatic heterocycles. The molecule has 2 heterocycles. The minimum atomic E-state index is -3.42. The molecule has 0 spiro atoms. The van der Waals surface area contributed by atoms with Crippen LogP contribution in [0.1, 0.15) is 23.2 Å². The number of benzene rings is 2. The molecule has 26 heavy (non-hydrogen) atoms. The van der Waals surface area contributed by atoms with Gasteiger partial charge in [0.15, 0.2) is 9.84 Å². The minimum Gasteiger partial charge on any atom is -0.361 e. The summed E-state index contributed by atoms with van der Waals surface area (Å²) >= 11 is 0. The van der Waals surface area contributed by atoms with E-state index in [0.29, 0.717) is 23.4 Å². The Hall–Kier alpha value is -2.60. The number of aromatic nitrogens is 1. The summed E-state index contributed by atoms with van der Waals surface area (Å²) in [5.41, 5.74) is 1.58. The lowest BCUT2D eigenvalue weighted by atomic mass is 10.1. The maximum atomic E-state index is 13.0. The lowest BCUT2D eigenvalue weighted by Crippen LogP contribution is -2.39. The van der Waals surface area contributed by atoms with Crippen LogP contribution >= 0.6 is 0 Å². The Balaban J connectivity index is 1.57. The van der Waals surface area contributed by atoms with Gasteiger partial charge >= 0.3 is 0 Å². The van der Waals surface area contributed by atoms with Gasteiger partial charge in [-0.05, 0) is 49.2 Å². The number of likely N-dealkylation sites (tertiary alicyclic amines) is 1. The summed E-state index contributed by atoms with van der Waals surface area (Å²) in [5, 5.41) is 0.975. The second-order valence-electron chi connectivity index (χ2n) is 6.67. The number of hydrogen-bond donors (Lipinski definition) is 1. The third-order valence-corrected chi connectivity index (χ3v) is 6.77. The number of aromatic amines is 1. The first-order valence-corrected chi connectivity index (χ1v) is 10.4. The third-order valence-electron chi connectivity index (χ3n) is 4.95. The Morgan fingerprint density at radius 1 is 1.12 bits per heavy atom. The van der Waals surface area contributed by atoms with Gasteiger partial charge in [0, 0.05) is 35.2 Å². The molecule has 1 unspecified atom stereocenters. The average Bonchev–Trinajstić information content (AvgIpc) is 3.30. The van der Waals surface area contributed by atoms with Crippen molar-refractivity contribution in [2.45, 2.75) is 23.8 Å². The molecule has 134 valence electrons. The third kappa shape index (κ3) is 3.12. The van der Waals surface area contributed by atoms with Gasteiger partial charge in [-0.1, -0.05) is 18.2 Å². The van der Waals surface area contributed by atoms with E-state index in [1.165, 1.54) is 0 Å². The number of H-pyrrole nitrogens is 1. The molecular weight excluding hydrogens is 348 g/mol. The van der Waals surface area contributed by atoms with Crippen LogP contribution in [0.25, 0.3) is 10.9 Å². The van der Waals surface area contributed by atoms with E-state index < -0.39 is 9.84 Å². The van der Waals surface area contributed by atoms with Crippen LogP contribution in [0, 0.1) is 0 Å². The van der Waals surface area contributed by atoms with Crippen molar-refractivity contribution in [2.24, 2.45) is 0 Å². The highest BCUT2D eigenvalue weighted by atomic mass is 32.2. The van der Waals surface area contributed by atoms with Gasteiger partial charge in [0.2, 0.25) is 0 Å². The van der Waals surface area contributed by atoms with Gasteiger partial charge in [0.1, 0.15) is 0 Å². The zero-order chi connectivity index (χ0) is 18.1. The molecule has 2 aromatic carbocycles. The predicted octanol–water partition coefficient (Wildman–Crippen LogP) is 3.25. The van der Waals surface area contributed by atoms with Gasteiger partial charge in [-0.15, -0.1) is 0 Å². The van der Waals surface area contributed by atoms with Crippen molar-refractivity contribution in [1.29, 1.82) is 0 Å². The first kappa shape index (κ1) is 16.8. The largest absolute Gasteiger partial charge is 0.361 e. The molecule has 0 bridgehead atoms. The monoisotopic (exact) mass is 368 g/mol. The molecule has 0 saturated carbocycles. The Bertz CT molecular complexity index is 1040. The summed E-state index contributed by atoms with van der Waals surface area (Å²) in [5.74, 6) is -0.131. The smallest absolute Gasteiger partial charge is 0.254 e. The molecule has 1 fully saturated rings. The summed E-state index contributed by atoms with van der Waals surface area (Å²) in [6, 6.07) is 15.6. The molecule has 1 amide bonds. The second kappa shape index (κ2) is 6.61. The first-order valence-electron chi connectivity index (χ1n) is 8.70. The SMILES string of the molecule is O=C(c1ccc2[nH]ccc2c1)N1CCCC1CS(=O)(=O)c1ccccc1. The zero-order valence-electron chi connectivity index (χ0n) is 14.3. The van der Waals surface area contributed by atoms with Gasteiger partial charge in [-0.25, -0.2) is 8.42 Å². The van der Waals surface area contributed by atoms with Crippen molar-refractivity contribution < 1.29 is 13.2 Å². The van der Waals surface area contributed by atoms with Crippen molar-refractivity contribution >= 4 is 26.6 Å². The summed E-state index contributed by atoms with van der Waals surface area (Å²) in [6.45, 7) is 0.596. The molecular formula is C20H20N2O3S. The van der Waals surface area contributed by atoms with Crippen molar-refractivity contribution in [3.05, 3.63) is 66.4 Å². The average molecular weight is 368 g/mol. The number of carbonyl (C=O) groups excluding carboxylic acids is 1. The molecule has 1 aliphatic rings. The quantitative estimate of drug-likeness (QED) is 0.768. The topological polar surface area (TPSA) is 70.2 Å². The number of nitrogens with zero attached hydrogens (tertiary/aromatic N) is 1. The summed E-state index contributed by atoms with van der Waals surface area (Å²) in [7, 11) is -3.42. The first-order chi connectivity index (χ1) is 12.5. The van der Waals surface area contributed by atoms with Gasteiger partial charge in [-0.2, -0.15) is 0 Å². The molecule has 0 aliphatic carbocycles. The zero-order valence-corrected chi connectivity index (χ0v) is 15.1. The molecule has 5 nitrogen and oxygen atoms in total. The number of rotatable bonds is 4. The van der Waals surface area contributed by atoms with E-state index in [4.69, 9.17) is 0 Å². The maximum absolute atomic E-state index is 13.0. The van der Waals surface area contributed by atoms with Gasteiger partial charge in [-0.3, -0.25) is 4.79 Å². The van der Waals surface area contributed by atoms with Crippen LogP contribution in [-0.4, -0.2) is 42.5 Å². The number of sulfone groups is 1. The normalized spacial score (nSPS) is 17.7.